The predicted octanol–water partition coefficient (Wildman–Crippen LogP) is 2.61. The summed E-state index contributed by atoms with van der Waals surface area (Å²) in [5, 5.41) is 9.19. The first-order chi connectivity index (χ1) is 13.2. The van der Waals surface area contributed by atoms with Gasteiger partial charge in [0.15, 0.2) is 5.82 Å². The quantitative estimate of drug-likeness (QED) is 0.567. The maximum absolute atomic E-state index is 11.6. The molecule has 0 aliphatic carbocycles. The van der Waals surface area contributed by atoms with Crippen molar-refractivity contribution in [2.75, 3.05) is 39.4 Å². The minimum Gasteiger partial charge on any atom is -0.460 e. The molecule has 0 fully saturated rings. The average molecular weight is 388 g/mol. The number of rotatable bonds is 9. The molecular formula is C18H20N4O4S. The zero-order chi connectivity index (χ0) is 19.1. The van der Waals surface area contributed by atoms with Gasteiger partial charge < -0.3 is 19.5 Å². The summed E-state index contributed by atoms with van der Waals surface area (Å²) in [6.07, 6.45) is 0. The van der Waals surface area contributed by atoms with Crippen molar-refractivity contribution >= 4 is 22.9 Å². The third-order valence-electron chi connectivity index (χ3n) is 3.52. The average Bonchev–Trinajstić information content (AvgIpc) is 3.32. The van der Waals surface area contributed by atoms with Gasteiger partial charge in [0.2, 0.25) is 5.91 Å². The van der Waals surface area contributed by atoms with Crippen LogP contribution >= 0.6 is 11.3 Å². The molecule has 9 heteroatoms. The first-order valence-corrected chi connectivity index (χ1v) is 9.11. The Morgan fingerprint density at radius 2 is 1.96 bits per heavy atom. The summed E-state index contributed by atoms with van der Waals surface area (Å²) in [6, 6.07) is 11.5. The Bertz CT molecular complexity index is 862. The van der Waals surface area contributed by atoms with Crippen LogP contribution in [0.3, 0.4) is 0 Å². The topological polar surface area (TPSA) is 87.5 Å². The van der Waals surface area contributed by atoms with E-state index in [2.05, 4.69) is 15.4 Å². The maximum Gasteiger partial charge on any atom is 0.336 e. The lowest BCUT2D eigenvalue weighted by Crippen LogP contribution is -2.17. The molecule has 0 bridgehead atoms. The summed E-state index contributed by atoms with van der Waals surface area (Å²) >= 11 is 1.57. The van der Waals surface area contributed by atoms with E-state index in [-0.39, 0.29) is 18.5 Å². The number of nitrogens with zero attached hydrogens (tertiary/aromatic N) is 3. The summed E-state index contributed by atoms with van der Waals surface area (Å²) in [6.45, 7) is 0.836. The monoisotopic (exact) mass is 388 g/mol. The normalized spacial score (nSPS) is 10.7. The number of nitrogens with one attached hydrogen (secondary N) is 1. The highest BCUT2D eigenvalue weighted by molar-refractivity contribution is 7.13. The zero-order valence-electron chi connectivity index (χ0n) is 15.0. The van der Waals surface area contributed by atoms with Crippen molar-refractivity contribution in [3.8, 4) is 22.4 Å². The third-order valence-corrected chi connectivity index (χ3v) is 4.38. The first kappa shape index (κ1) is 19.0. The Morgan fingerprint density at radius 3 is 2.63 bits per heavy atom. The fraction of sp³-hybridized carbons (Fsp3) is 0.278. The number of aromatic nitrogens is 3. The Kier molecular flexibility index (Phi) is 6.53. The molecule has 142 valence electrons. The van der Waals surface area contributed by atoms with Crippen LogP contribution in [0.2, 0.25) is 0 Å². The molecule has 0 radical (unpaired) electrons. The van der Waals surface area contributed by atoms with Crippen LogP contribution in [0.1, 0.15) is 0 Å². The molecular weight excluding hydrogens is 368 g/mol. The Hall–Kier alpha value is -2.75. The van der Waals surface area contributed by atoms with E-state index in [4.69, 9.17) is 14.2 Å². The van der Waals surface area contributed by atoms with Gasteiger partial charge in [-0.15, -0.1) is 16.4 Å². The predicted molar refractivity (Wildman–Crippen MR) is 103 cm³/mol. The van der Waals surface area contributed by atoms with E-state index in [1.165, 1.54) is 7.11 Å². The molecule has 0 atom stereocenters. The lowest BCUT2D eigenvalue weighted by Gasteiger charge is -2.07. The summed E-state index contributed by atoms with van der Waals surface area (Å²) in [4.78, 5) is 17.1. The lowest BCUT2D eigenvalue weighted by molar-refractivity contribution is -0.119. The fourth-order valence-corrected chi connectivity index (χ4v) is 3.03. The van der Waals surface area contributed by atoms with Gasteiger partial charge in [-0.05, 0) is 35.7 Å². The number of methoxy groups -OCH3 is 2. The van der Waals surface area contributed by atoms with Crippen molar-refractivity contribution < 1.29 is 19.0 Å². The summed E-state index contributed by atoms with van der Waals surface area (Å²) < 4.78 is 17.1. The minimum absolute atomic E-state index is 0.00945. The molecule has 0 saturated heterocycles. The highest BCUT2D eigenvalue weighted by atomic mass is 32.1. The molecule has 27 heavy (non-hydrogen) atoms. The number of benzene rings is 1. The number of anilines is 1. The summed E-state index contributed by atoms with van der Waals surface area (Å²) in [7, 11) is 3.09. The van der Waals surface area contributed by atoms with Gasteiger partial charge in [-0.25, -0.2) is 4.68 Å². The smallest absolute Gasteiger partial charge is 0.336 e. The van der Waals surface area contributed by atoms with Crippen LogP contribution in [-0.2, 0) is 14.3 Å². The maximum atomic E-state index is 11.6. The second kappa shape index (κ2) is 9.26. The van der Waals surface area contributed by atoms with Gasteiger partial charge in [-0.2, -0.15) is 4.98 Å². The fourth-order valence-electron chi connectivity index (χ4n) is 2.33. The van der Waals surface area contributed by atoms with Crippen molar-refractivity contribution in [3.63, 3.8) is 0 Å². The van der Waals surface area contributed by atoms with Crippen LogP contribution in [0.4, 0.5) is 5.69 Å². The number of carbonyl (C=O) groups excluding carboxylic acids is 1. The molecule has 0 spiro atoms. The van der Waals surface area contributed by atoms with Gasteiger partial charge in [0, 0.05) is 19.9 Å². The molecule has 2 heterocycles. The lowest BCUT2D eigenvalue weighted by atomic mass is 10.2. The van der Waals surface area contributed by atoms with E-state index in [9.17, 15) is 4.79 Å². The summed E-state index contributed by atoms with van der Waals surface area (Å²) in [5.74, 6) is 0.479. The zero-order valence-corrected chi connectivity index (χ0v) is 15.9. The first-order valence-electron chi connectivity index (χ1n) is 8.23. The number of hydrogen-bond acceptors (Lipinski definition) is 7. The molecule has 1 amide bonds. The molecule has 1 aromatic carbocycles. The number of thiophene rings is 1. The molecule has 0 aliphatic rings. The van der Waals surface area contributed by atoms with Crippen molar-refractivity contribution in [3.05, 3.63) is 41.8 Å². The van der Waals surface area contributed by atoms with Gasteiger partial charge in [-0.3, -0.25) is 4.79 Å². The van der Waals surface area contributed by atoms with Crippen molar-refractivity contribution in [2.45, 2.75) is 0 Å². The number of hydrogen-bond donors (Lipinski definition) is 1. The van der Waals surface area contributed by atoms with E-state index in [1.54, 1.807) is 35.3 Å². The molecule has 0 aliphatic heterocycles. The van der Waals surface area contributed by atoms with E-state index < -0.39 is 0 Å². The van der Waals surface area contributed by atoms with Crippen molar-refractivity contribution in [2.24, 2.45) is 0 Å². The van der Waals surface area contributed by atoms with Crippen LogP contribution in [0.25, 0.3) is 16.4 Å². The van der Waals surface area contributed by atoms with Crippen molar-refractivity contribution in [1.29, 1.82) is 0 Å². The van der Waals surface area contributed by atoms with E-state index in [0.29, 0.717) is 24.7 Å². The Morgan fingerprint density at radius 1 is 1.15 bits per heavy atom. The Labute approximate surface area is 160 Å². The highest BCUT2D eigenvalue weighted by Crippen LogP contribution is 2.27. The largest absolute Gasteiger partial charge is 0.460 e. The van der Waals surface area contributed by atoms with E-state index in [0.717, 1.165) is 10.6 Å². The van der Waals surface area contributed by atoms with Gasteiger partial charge in [0.25, 0.3) is 0 Å². The number of ether oxygens (including phenoxy) is 3. The second-order valence-corrected chi connectivity index (χ2v) is 6.42. The van der Waals surface area contributed by atoms with Gasteiger partial charge >= 0.3 is 6.01 Å². The standard InChI is InChI=1S/C18H20N4O4S/c1-24-9-10-26-18-20-17(15-4-3-11-27-15)22(21-18)14-7-5-13(6-8-14)19-16(23)12-25-2/h3-8,11H,9-10,12H2,1-2H3,(H,19,23). The molecule has 1 N–H and O–H groups in total. The van der Waals surface area contributed by atoms with Gasteiger partial charge in [0.05, 0.1) is 17.2 Å². The molecule has 0 saturated carbocycles. The number of amides is 1. The van der Waals surface area contributed by atoms with Crippen LogP contribution in [-0.4, -0.2) is 54.7 Å². The van der Waals surface area contributed by atoms with Crippen molar-refractivity contribution in [1.82, 2.24) is 14.8 Å². The Balaban J connectivity index is 1.84. The molecule has 3 rings (SSSR count). The van der Waals surface area contributed by atoms with Crippen LogP contribution < -0.4 is 10.1 Å². The SMILES string of the molecule is COCCOc1nc(-c2cccs2)n(-c2ccc(NC(=O)COC)cc2)n1. The van der Waals surface area contributed by atoms with Crippen LogP contribution in [0.15, 0.2) is 41.8 Å². The molecule has 8 nitrogen and oxygen atoms in total. The summed E-state index contributed by atoms with van der Waals surface area (Å²) in [5.41, 5.74) is 1.48. The third kappa shape index (κ3) is 4.91. The molecule has 2 aromatic heterocycles. The van der Waals surface area contributed by atoms with E-state index >= 15 is 0 Å². The van der Waals surface area contributed by atoms with Gasteiger partial charge in [-0.1, -0.05) is 6.07 Å². The van der Waals surface area contributed by atoms with Crippen LogP contribution in [0.5, 0.6) is 6.01 Å². The van der Waals surface area contributed by atoms with Gasteiger partial charge in [0.1, 0.15) is 13.2 Å². The highest BCUT2D eigenvalue weighted by Gasteiger charge is 2.15. The molecule has 3 aromatic rings. The molecule has 0 unspecified atom stereocenters. The number of carbonyl (C=O) groups is 1. The van der Waals surface area contributed by atoms with Crippen LogP contribution in [0, 0.1) is 0 Å². The second-order valence-electron chi connectivity index (χ2n) is 5.48. The van der Waals surface area contributed by atoms with E-state index in [1.807, 2.05) is 29.6 Å². The minimum atomic E-state index is -0.209.